The average Bonchev–Trinajstić information content (AvgIpc) is 2.18. The Bertz CT molecular complexity index is 221. The van der Waals surface area contributed by atoms with Gasteiger partial charge in [-0.1, -0.05) is 20.8 Å². The van der Waals surface area contributed by atoms with Gasteiger partial charge in [0.2, 0.25) is 0 Å². The minimum Gasteiger partial charge on any atom is -0.371 e. The first-order valence-corrected chi connectivity index (χ1v) is 7.24. The van der Waals surface area contributed by atoms with Crippen LogP contribution >= 0.6 is 0 Å². The molecule has 1 rings (SSSR count). The van der Waals surface area contributed by atoms with Gasteiger partial charge in [0.15, 0.2) is 0 Å². The zero-order valence-corrected chi connectivity index (χ0v) is 12.5. The van der Waals surface area contributed by atoms with Crippen molar-refractivity contribution >= 4 is 0 Å². The third-order valence-electron chi connectivity index (χ3n) is 3.53. The van der Waals surface area contributed by atoms with Gasteiger partial charge in [0, 0.05) is 6.04 Å². The third-order valence-corrected chi connectivity index (χ3v) is 3.53. The number of hydrogen-bond donors (Lipinski definition) is 1. The largest absolute Gasteiger partial charge is 0.371 e. The SMILES string of the molecule is CCCNC1CC(C)CC(C)C1OC(C)(C)C. The standard InChI is InChI=1S/C15H31NO/c1-7-8-16-13-10-11(2)9-12(3)14(13)17-15(4,5)6/h11-14,16H,7-10H2,1-6H3. The second-order valence-electron chi connectivity index (χ2n) is 6.81. The predicted octanol–water partition coefficient (Wildman–Crippen LogP) is 3.60. The Kier molecular flexibility index (Phi) is 5.46. The molecule has 0 radical (unpaired) electrons. The Balaban J connectivity index is 2.65. The van der Waals surface area contributed by atoms with Crippen LogP contribution in [0.25, 0.3) is 0 Å². The number of nitrogens with one attached hydrogen (secondary N) is 1. The number of rotatable bonds is 4. The molecule has 4 atom stereocenters. The van der Waals surface area contributed by atoms with Crippen LogP contribution in [0.1, 0.15) is 60.8 Å². The maximum absolute atomic E-state index is 6.29. The molecule has 0 spiro atoms. The summed E-state index contributed by atoms with van der Waals surface area (Å²) in [6, 6.07) is 0.535. The molecule has 0 amide bonds. The maximum Gasteiger partial charge on any atom is 0.0760 e. The van der Waals surface area contributed by atoms with Gasteiger partial charge in [0.25, 0.3) is 0 Å². The van der Waals surface area contributed by atoms with E-state index in [0.29, 0.717) is 18.1 Å². The molecule has 0 heterocycles. The quantitative estimate of drug-likeness (QED) is 0.812. The summed E-state index contributed by atoms with van der Waals surface area (Å²) in [5.41, 5.74) is -0.0361. The second-order valence-corrected chi connectivity index (χ2v) is 6.81. The van der Waals surface area contributed by atoms with E-state index in [9.17, 15) is 0 Å². The Morgan fingerprint density at radius 1 is 1.18 bits per heavy atom. The van der Waals surface area contributed by atoms with Crippen molar-refractivity contribution in [1.29, 1.82) is 0 Å². The van der Waals surface area contributed by atoms with E-state index in [2.05, 4.69) is 46.9 Å². The van der Waals surface area contributed by atoms with Crippen LogP contribution in [0.3, 0.4) is 0 Å². The van der Waals surface area contributed by atoms with Gasteiger partial charge in [-0.25, -0.2) is 0 Å². The lowest BCUT2D eigenvalue weighted by Crippen LogP contribution is -2.51. The zero-order valence-electron chi connectivity index (χ0n) is 12.5. The topological polar surface area (TPSA) is 21.3 Å². The summed E-state index contributed by atoms with van der Waals surface area (Å²) in [6.45, 7) is 14.5. The van der Waals surface area contributed by atoms with Gasteiger partial charge in [-0.15, -0.1) is 0 Å². The minimum absolute atomic E-state index is 0.0361. The summed E-state index contributed by atoms with van der Waals surface area (Å²) in [5.74, 6) is 1.48. The van der Waals surface area contributed by atoms with Crippen LogP contribution in [-0.2, 0) is 4.74 Å². The molecule has 4 unspecified atom stereocenters. The molecule has 0 bridgehead atoms. The zero-order chi connectivity index (χ0) is 13.1. The van der Waals surface area contributed by atoms with Crippen molar-refractivity contribution in [2.45, 2.75) is 78.6 Å². The Morgan fingerprint density at radius 2 is 1.82 bits per heavy atom. The van der Waals surface area contributed by atoms with Gasteiger partial charge in [-0.2, -0.15) is 0 Å². The normalized spacial score (nSPS) is 34.9. The molecule has 1 fully saturated rings. The van der Waals surface area contributed by atoms with Crippen LogP contribution in [0.15, 0.2) is 0 Å². The van der Waals surface area contributed by atoms with Gasteiger partial charge in [0.1, 0.15) is 0 Å². The van der Waals surface area contributed by atoms with Crippen LogP contribution in [-0.4, -0.2) is 24.3 Å². The van der Waals surface area contributed by atoms with E-state index in [4.69, 9.17) is 4.74 Å². The van der Waals surface area contributed by atoms with Gasteiger partial charge >= 0.3 is 0 Å². The van der Waals surface area contributed by atoms with Crippen LogP contribution < -0.4 is 5.32 Å². The molecule has 2 nitrogen and oxygen atoms in total. The molecule has 1 aliphatic carbocycles. The Labute approximate surface area is 108 Å². The fourth-order valence-corrected chi connectivity index (χ4v) is 2.96. The lowest BCUT2D eigenvalue weighted by atomic mass is 9.77. The van der Waals surface area contributed by atoms with Crippen LogP contribution in [0, 0.1) is 11.8 Å². The van der Waals surface area contributed by atoms with Crippen LogP contribution in [0.4, 0.5) is 0 Å². The van der Waals surface area contributed by atoms with Crippen molar-refractivity contribution in [1.82, 2.24) is 5.32 Å². The van der Waals surface area contributed by atoms with E-state index < -0.39 is 0 Å². The molecule has 1 aliphatic rings. The highest BCUT2D eigenvalue weighted by atomic mass is 16.5. The fraction of sp³-hybridized carbons (Fsp3) is 1.00. The smallest absolute Gasteiger partial charge is 0.0760 e. The van der Waals surface area contributed by atoms with Crippen LogP contribution in [0.5, 0.6) is 0 Å². The van der Waals surface area contributed by atoms with Gasteiger partial charge < -0.3 is 10.1 Å². The first-order chi connectivity index (χ1) is 7.83. The minimum atomic E-state index is -0.0361. The van der Waals surface area contributed by atoms with Gasteiger partial charge in [-0.05, 0) is 58.4 Å². The first kappa shape index (κ1) is 15.0. The fourth-order valence-electron chi connectivity index (χ4n) is 2.96. The molecule has 0 saturated heterocycles. The summed E-state index contributed by atoms with van der Waals surface area (Å²) in [6.07, 6.45) is 4.12. The van der Waals surface area contributed by atoms with E-state index in [1.807, 2.05) is 0 Å². The van der Waals surface area contributed by atoms with Crippen molar-refractivity contribution < 1.29 is 4.74 Å². The molecule has 2 heteroatoms. The van der Waals surface area contributed by atoms with Crippen molar-refractivity contribution in [2.24, 2.45) is 11.8 Å². The van der Waals surface area contributed by atoms with Crippen molar-refractivity contribution in [3.8, 4) is 0 Å². The van der Waals surface area contributed by atoms with Crippen molar-refractivity contribution in [3.63, 3.8) is 0 Å². The van der Waals surface area contributed by atoms with Crippen molar-refractivity contribution in [3.05, 3.63) is 0 Å². The molecule has 102 valence electrons. The molecule has 1 saturated carbocycles. The molecular formula is C15H31NO. The highest BCUT2D eigenvalue weighted by Gasteiger charge is 2.36. The lowest BCUT2D eigenvalue weighted by molar-refractivity contribution is -0.114. The summed E-state index contributed by atoms with van der Waals surface area (Å²) in [4.78, 5) is 0. The maximum atomic E-state index is 6.29. The molecule has 0 aromatic carbocycles. The van der Waals surface area contributed by atoms with E-state index >= 15 is 0 Å². The number of hydrogen-bond acceptors (Lipinski definition) is 2. The molecule has 17 heavy (non-hydrogen) atoms. The van der Waals surface area contributed by atoms with E-state index in [-0.39, 0.29) is 5.60 Å². The highest BCUT2D eigenvalue weighted by Crippen LogP contribution is 2.33. The summed E-state index contributed by atoms with van der Waals surface area (Å²) in [5, 5.41) is 3.68. The highest BCUT2D eigenvalue weighted by molar-refractivity contribution is 4.90. The second kappa shape index (κ2) is 6.19. The third kappa shape index (κ3) is 4.97. The predicted molar refractivity (Wildman–Crippen MR) is 74.3 cm³/mol. The summed E-state index contributed by atoms with van der Waals surface area (Å²) in [7, 11) is 0. The van der Waals surface area contributed by atoms with E-state index in [1.54, 1.807) is 0 Å². The van der Waals surface area contributed by atoms with Gasteiger partial charge in [-0.3, -0.25) is 0 Å². The monoisotopic (exact) mass is 241 g/mol. The molecule has 0 aliphatic heterocycles. The number of ether oxygens (including phenoxy) is 1. The first-order valence-electron chi connectivity index (χ1n) is 7.24. The molecular weight excluding hydrogens is 210 g/mol. The summed E-state index contributed by atoms with van der Waals surface area (Å²) < 4.78 is 6.29. The van der Waals surface area contributed by atoms with Gasteiger partial charge in [0.05, 0.1) is 11.7 Å². The molecule has 1 N–H and O–H groups in total. The van der Waals surface area contributed by atoms with Crippen molar-refractivity contribution in [2.75, 3.05) is 6.54 Å². The van der Waals surface area contributed by atoms with Crippen LogP contribution in [0.2, 0.25) is 0 Å². The summed E-state index contributed by atoms with van der Waals surface area (Å²) >= 11 is 0. The average molecular weight is 241 g/mol. The molecule has 0 aromatic heterocycles. The Morgan fingerprint density at radius 3 is 2.35 bits per heavy atom. The molecule has 0 aromatic rings. The lowest BCUT2D eigenvalue weighted by Gasteiger charge is -2.43. The van der Waals surface area contributed by atoms with E-state index in [1.165, 1.54) is 19.3 Å². The Hall–Kier alpha value is -0.0800. The van der Waals surface area contributed by atoms with E-state index in [0.717, 1.165) is 12.5 Å².